The third-order valence-electron chi connectivity index (χ3n) is 8.93. The molecule has 40 heavy (non-hydrogen) atoms. The van der Waals surface area contributed by atoms with E-state index in [1.54, 1.807) is 0 Å². The van der Waals surface area contributed by atoms with Gasteiger partial charge in [-0.25, -0.2) is 0 Å². The van der Waals surface area contributed by atoms with Gasteiger partial charge < -0.3 is 0 Å². The summed E-state index contributed by atoms with van der Waals surface area (Å²) in [5.41, 5.74) is 14.8. The van der Waals surface area contributed by atoms with Gasteiger partial charge in [-0.1, -0.05) is 0 Å². The van der Waals surface area contributed by atoms with Gasteiger partial charge in [0.25, 0.3) is 0 Å². The van der Waals surface area contributed by atoms with Crippen LogP contribution in [-0.4, -0.2) is 0 Å². The zero-order valence-electron chi connectivity index (χ0n) is 22.2. The second-order valence-corrected chi connectivity index (χ2v) is 17.7. The molecule has 189 valence electrons. The number of rotatable bonds is 5. The van der Waals surface area contributed by atoms with Crippen LogP contribution in [0.15, 0.2) is 158 Å². The van der Waals surface area contributed by atoms with Gasteiger partial charge in [0.2, 0.25) is 0 Å². The van der Waals surface area contributed by atoms with Crippen LogP contribution < -0.4 is 0 Å². The van der Waals surface area contributed by atoms with Gasteiger partial charge in [0.1, 0.15) is 0 Å². The third kappa shape index (κ3) is 3.76. The summed E-state index contributed by atoms with van der Waals surface area (Å²) in [6.07, 6.45) is 0. The molecule has 0 heterocycles. The van der Waals surface area contributed by atoms with Gasteiger partial charge in [-0.05, 0) is 0 Å². The molecule has 0 unspecified atom stereocenters. The summed E-state index contributed by atoms with van der Waals surface area (Å²) < 4.78 is 1.30. The van der Waals surface area contributed by atoms with E-state index in [0.717, 1.165) is 0 Å². The zero-order valence-corrected chi connectivity index (χ0v) is 24.7. The number of hydrogen-bond acceptors (Lipinski definition) is 0. The third-order valence-corrected chi connectivity index (χ3v) is 18.5. The summed E-state index contributed by atoms with van der Waals surface area (Å²) in [4.78, 5) is 0. The van der Waals surface area contributed by atoms with Crippen molar-refractivity contribution < 1.29 is 21.8 Å². The van der Waals surface area contributed by atoms with Crippen LogP contribution in [0.3, 0.4) is 0 Å². The predicted octanol–water partition coefficient (Wildman–Crippen LogP) is 9.93. The van der Waals surface area contributed by atoms with Crippen molar-refractivity contribution in [1.82, 2.24) is 0 Å². The van der Waals surface area contributed by atoms with Gasteiger partial charge in [0.05, 0.1) is 0 Å². The Morgan fingerprint density at radius 3 is 0.925 bits per heavy atom. The Kier molecular flexibility index (Phi) is 6.00. The van der Waals surface area contributed by atoms with E-state index >= 15 is 0 Å². The number of hydrogen-bond donors (Lipinski definition) is 0. The van der Waals surface area contributed by atoms with Crippen LogP contribution in [0.4, 0.5) is 0 Å². The summed E-state index contributed by atoms with van der Waals surface area (Å²) in [5, 5.41) is 0. The molecule has 0 aromatic heterocycles. The molecule has 1 heteroatoms. The van der Waals surface area contributed by atoms with Crippen LogP contribution in [-0.2, 0) is 21.8 Å². The molecule has 0 radical (unpaired) electrons. The Morgan fingerprint density at radius 2 is 0.600 bits per heavy atom. The predicted molar refractivity (Wildman–Crippen MR) is 162 cm³/mol. The molecule has 0 nitrogen and oxygen atoms in total. The molecule has 2 aliphatic carbocycles. The quantitative estimate of drug-likeness (QED) is 0.188. The molecule has 6 aromatic rings. The van der Waals surface area contributed by atoms with Gasteiger partial charge in [-0.15, -0.1) is 0 Å². The Hall–Kier alpha value is -3.80. The van der Waals surface area contributed by atoms with Crippen molar-refractivity contribution in [3.05, 3.63) is 191 Å². The van der Waals surface area contributed by atoms with E-state index in [1.165, 1.54) is 55.6 Å². The molecular formula is C39H29Zr. The van der Waals surface area contributed by atoms with Crippen LogP contribution >= 0.6 is 0 Å². The van der Waals surface area contributed by atoms with Crippen molar-refractivity contribution in [2.75, 3.05) is 0 Å². The van der Waals surface area contributed by atoms with Crippen LogP contribution in [0.25, 0.3) is 22.3 Å². The maximum absolute atomic E-state index is 2.74. The summed E-state index contributed by atoms with van der Waals surface area (Å²) in [6.45, 7) is 0. The van der Waals surface area contributed by atoms with E-state index in [9.17, 15) is 0 Å². The van der Waals surface area contributed by atoms with Crippen molar-refractivity contribution in [2.45, 2.75) is 10.9 Å². The van der Waals surface area contributed by atoms with Gasteiger partial charge in [0.15, 0.2) is 0 Å². The minimum absolute atomic E-state index is 0.401. The summed E-state index contributed by atoms with van der Waals surface area (Å²) in [6, 6.07) is 59.8. The van der Waals surface area contributed by atoms with Gasteiger partial charge in [-0.2, -0.15) is 0 Å². The zero-order chi connectivity index (χ0) is 26.5. The molecule has 0 atom stereocenters. The molecule has 2 aliphatic rings. The molecule has 0 saturated heterocycles. The molecule has 0 bridgehead atoms. The average Bonchev–Trinajstić information content (AvgIpc) is 3.54. The molecule has 0 N–H and O–H groups in total. The fraction of sp³-hybridized carbons (Fsp3) is 0.0769. The van der Waals surface area contributed by atoms with E-state index in [-0.39, 0.29) is 0 Å². The van der Waals surface area contributed by atoms with Crippen molar-refractivity contribution in [3.8, 4) is 22.3 Å². The standard InChI is InChI=1S/2C13H9.C13H11.Zr/c2*1-3-7-12-10(5-1)9-11-6-2-4-8-13(11)12;1-3-7-12(8-4-1)11-13-9-5-2-6-10-13;/h2*1-9H;1-11H;. The van der Waals surface area contributed by atoms with Crippen LogP contribution in [0, 0.1) is 0 Å². The second kappa shape index (κ2) is 9.99. The van der Waals surface area contributed by atoms with Crippen LogP contribution in [0.5, 0.6) is 0 Å². The van der Waals surface area contributed by atoms with E-state index in [2.05, 4.69) is 158 Å². The maximum atomic E-state index is 2.43. The molecule has 0 fully saturated rings. The molecule has 6 aromatic carbocycles. The molecule has 0 amide bonds. The molecule has 8 rings (SSSR count). The Morgan fingerprint density at radius 1 is 0.325 bits per heavy atom. The monoisotopic (exact) mass is 587 g/mol. The fourth-order valence-electron chi connectivity index (χ4n) is 7.40. The number of fused-ring (bicyclic) bond motifs is 6. The Bertz CT molecular complexity index is 1590. The molecule has 0 saturated carbocycles. The molecular weight excluding hydrogens is 560 g/mol. The van der Waals surface area contributed by atoms with Crippen LogP contribution in [0.2, 0.25) is 0 Å². The van der Waals surface area contributed by atoms with Gasteiger partial charge >= 0.3 is 246 Å². The first-order valence-electron chi connectivity index (χ1n) is 14.2. The molecule has 0 aliphatic heterocycles. The van der Waals surface area contributed by atoms with Crippen LogP contribution in [0.1, 0.15) is 44.3 Å². The summed E-state index contributed by atoms with van der Waals surface area (Å²) >= 11 is -2.74. The topological polar surface area (TPSA) is 0 Å². The van der Waals surface area contributed by atoms with E-state index in [1.807, 2.05) is 0 Å². The minimum atomic E-state index is -2.74. The fourth-order valence-corrected chi connectivity index (χ4v) is 18.7. The average molecular weight is 589 g/mol. The van der Waals surface area contributed by atoms with Gasteiger partial charge in [-0.3, -0.25) is 0 Å². The van der Waals surface area contributed by atoms with Crippen molar-refractivity contribution in [3.63, 3.8) is 0 Å². The van der Waals surface area contributed by atoms with E-state index < -0.39 is 21.8 Å². The van der Waals surface area contributed by atoms with Gasteiger partial charge in [0, 0.05) is 0 Å². The van der Waals surface area contributed by atoms with Crippen molar-refractivity contribution in [2.24, 2.45) is 0 Å². The summed E-state index contributed by atoms with van der Waals surface area (Å²) in [7, 11) is 0. The second-order valence-electron chi connectivity index (χ2n) is 11.0. The normalized spacial score (nSPS) is 13.5. The summed E-state index contributed by atoms with van der Waals surface area (Å²) in [5.74, 6) is 0. The van der Waals surface area contributed by atoms with Crippen molar-refractivity contribution >= 4 is 0 Å². The number of benzene rings is 6. The first-order chi connectivity index (χ1) is 19.9. The molecule has 0 spiro atoms. The SMILES string of the molecule is c1ccc([CH](c2ccccc2)[Zr]([CH]2c3ccccc3-c3ccccc32)[CH]2c3ccccc3-c3ccccc32)cc1. The van der Waals surface area contributed by atoms with E-state index in [4.69, 9.17) is 0 Å². The van der Waals surface area contributed by atoms with Crippen molar-refractivity contribution in [1.29, 1.82) is 0 Å². The first-order valence-corrected chi connectivity index (χ1v) is 18.5. The van der Waals surface area contributed by atoms with E-state index in [0.29, 0.717) is 10.9 Å². The first kappa shape index (κ1) is 24.0. The Balaban J connectivity index is 1.47. The Labute approximate surface area is 244 Å².